The van der Waals surface area contributed by atoms with Crippen LogP contribution in [0.5, 0.6) is 0 Å². The Morgan fingerprint density at radius 1 is 1.50 bits per heavy atom. The topological polar surface area (TPSA) is 91.6 Å². The monoisotopic (exact) mass is 220 g/mol. The van der Waals surface area contributed by atoms with Gasteiger partial charge in [0.2, 0.25) is 0 Å². The zero-order valence-electron chi connectivity index (χ0n) is 8.87. The Morgan fingerprint density at radius 2 is 2.31 bits per heavy atom. The summed E-state index contributed by atoms with van der Waals surface area (Å²) in [7, 11) is 1.68. The number of rotatable bonds is 3. The van der Waals surface area contributed by atoms with Gasteiger partial charge in [-0.2, -0.15) is 4.80 Å². The van der Waals surface area contributed by atoms with Gasteiger partial charge in [0.15, 0.2) is 5.82 Å². The molecular formula is C9H12N6O. The average Bonchev–Trinajstić information content (AvgIpc) is 2.67. The second-order valence-corrected chi connectivity index (χ2v) is 3.37. The Morgan fingerprint density at radius 3 is 2.94 bits per heavy atom. The molecule has 7 nitrogen and oxygen atoms in total. The van der Waals surface area contributed by atoms with E-state index in [1.54, 1.807) is 25.4 Å². The molecule has 2 N–H and O–H groups in total. The molecule has 0 aliphatic carbocycles. The molecule has 0 atom stereocenters. The van der Waals surface area contributed by atoms with Gasteiger partial charge in [0.05, 0.1) is 13.6 Å². The maximum atomic E-state index is 11.8. The summed E-state index contributed by atoms with van der Waals surface area (Å²) in [5.41, 5.74) is 5.92. The zero-order valence-corrected chi connectivity index (χ0v) is 8.87. The van der Waals surface area contributed by atoms with Gasteiger partial charge in [-0.15, -0.1) is 10.2 Å². The van der Waals surface area contributed by atoms with Crippen molar-refractivity contribution in [2.24, 2.45) is 12.8 Å². The van der Waals surface area contributed by atoms with E-state index in [0.29, 0.717) is 17.9 Å². The lowest BCUT2D eigenvalue weighted by molar-refractivity contribution is 0.623. The van der Waals surface area contributed by atoms with Crippen molar-refractivity contribution in [1.82, 2.24) is 24.8 Å². The van der Waals surface area contributed by atoms with E-state index in [0.717, 1.165) is 0 Å². The zero-order chi connectivity index (χ0) is 11.5. The normalized spacial score (nSPS) is 10.6. The van der Waals surface area contributed by atoms with Crippen molar-refractivity contribution < 1.29 is 0 Å². The summed E-state index contributed by atoms with van der Waals surface area (Å²) in [5.74, 6) is 0.499. The molecule has 0 aliphatic heterocycles. The lowest BCUT2D eigenvalue weighted by Gasteiger charge is -2.03. The maximum Gasteiger partial charge on any atom is 0.255 e. The van der Waals surface area contributed by atoms with Crippen LogP contribution >= 0.6 is 0 Å². The van der Waals surface area contributed by atoms with Crippen LogP contribution in [-0.2, 0) is 20.1 Å². The SMILES string of the molecule is Cn1nnc(Cn2cccc(CN)c2=O)n1. The first-order valence-electron chi connectivity index (χ1n) is 4.82. The summed E-state index contributed by atoms with van der Waals surface area (Å²) in [4.78, 5) is 13.2. The number of pyridine rings is 1. The smallest absolute Gasteiger partial charge is 0.255 e. The Labute approximate surface area is 91.5 Å². The molecule has 0 saturated heterocycles. The third-order valence-corrected chi connectivity index (χ3v) is 2.18. The fourth-order valence-electron chi connectivity index (χ4n) is 1.41. The predicted octanol–water partition coefficient (Wildman–Crippen LogP) is -1.12. The molecule has 0 unspecified atom stereocenters. The molecule has 0 aliphatic rings. The van der Waals surface area contributed by atoms with Crippen LogP contribution in [0.1, 0.15) is 11.4 Å². The summed E-state index contributed by atoms with van der Waals surface area (Å²) in [5, 5.41) is 11.5. The standard InChI is InChI=1S/C9H12N6O/c1-14-12-8(11-13-14)6-15-4-2-3-7(5-10)9(15)16/h2-4H,5-6,10H2,1H3. The molecule has 0 spiro atoms. The first kappa shape index (κ1) is 10.5. The first-order chi connectivity index (χ1) is 7.70. The Kier molecular flexibility index (Phi) is 2.78. The van der Waals surface area contributed by atoms with E-state index in [4.69, 9.17) is 5.73 Å². The molecule has 2 aromatic rings. The van der Waals surface area contributed by atoms with Gasteiger partial charge in [0.25, 0.3) is 5.56 Å². The van der Waals surface area contributed by atoms with Crippen LogP contribution in [0.15, 0.2) is 23.1 Å². The van der Waals surface area contributed by atoms with Gasteiger partial charge in [0, 0.05) is 18.3 Å². The lowest BCUT2D eigenvalue weighted by atomic mass is 10.3. The summed E-state index contributed by atoms with van der Waals surface area (Å²) >= 11 is 0. The molecule has 0 fully saturated rings. The van der Waals surface area contributed by atoms with Crippen molar-refractivity contribution in [1.29, 1.82) is 0 Å². The molecule has 7 heteroatoms. The van der Waals surface area contributed by atoms with E-state index >= 15 is 0 Å². The van der Waals surface area contributed by atoms with Crippen LogP contribution in [0.2, 0.25) is 0 Å². The number of aryl methyl sites for hydroxylation is 1. The fourth-order valence-corrected chi connectivity index (χ4v) is 1.41. The molecule has 84 valence electrons. The van der Waals surface area contributed by atoms with E-state index in [1.165, 1.54) is 9.36 Å². The van der Waals surface area contributed by atoms with Gasteiger partial charge in [-0.25, -0.2) is 0 Å². The van der Waals surface area contributed by atoms with Gasteiger partial charge in [-0.1, -0.05) is 6.07 Å². The quantitative estimate of drug-likeness (QED) is 0.707. The first-order valence-corrected chi connectivity index (χ1v) is 4.82. The highest BCUT2D eigenvalue weighted by atomic mass is 16.1. The molecule has 0 radical (unpaired) electrons. The number of hydrogen-bond acceptors (Lipinski definition) is 5. The van der Waals surface area contributed by atoms with Crippen molar-refractivity contribution >= 4 is 0 Å². The number of tetrazole rings is 1. The minimum absolute atomic E-state index is 0.113. The number of aromatic nitrogens is 5. The molecule has 0 amide bonds. The molecule has 0 saturated carbocycles. The summed E-state index contributed by atoms with van der Waals surface area (Å²) in [6.07, 6.45) is 1.68. The van der Waals surface area contributed by atoms with E-state index < -0.39 is 0 Å². The highest BCUT2D eigenvalue weighted by Crippen LogP contribution is 1.94. The Hall–Kier alpha value is -2.02. The van der Waals surface area contributed by atoms with E-state index in [1.807, 2.05) is 0 Å². The molecule has 0 aromatic carbocycles. The van der Waals surface area contributed by atoms with Crippen LogP contribution < -0.4 is 11.3 Å². The summed E-state index contributed by atoms with van der Waals surface area (Å²) < 4.78 is 1.51. The van der Waals surface area contributed by atoms with Gasteiger partial charge in [0.1, 0.15) is 0 Å². The van der Waals surface area contributed by atoms with E-state index in [-0.39, 0.29) is 12.1 Å². The second-order valence-electron chi connectivity index (χ2n) is 3.37. The molecule has 2 heterocycles. The van der Waals surface area contributed by atoms with E-state index in [2.05, 4.69) is 15.4 Å². The van der Waals surface area contributed by atoms with Crippen LogP contribution in [-0.4, -0.2) is 24.8 Å². The number of hydrogen-bond donors (Lipinski definition) is 1. The minimum atomic E-state index is -0.113. The van der Waals surface area contributed by atoms with Crippen molar-refractivity contribution in [2.45, 2.75) is 13.1 Å². The number of nitrogens with two attached hydrogens (primary N) is 1. The third-order valence-electron chi connectivity index (χ3n) is 2.18. The predicted molar refractivity (Wildman–Crippen MR) is 56.5 cm³/mol. The molecule has 16 heavy (non-hydrogen) atoms. The number of nitrogens with zero attached hydrogens (tertiary/aromatic N) is 5. The minimum Gasteiger partial charge on any atom is -0.326 e. The van der Waals surface area contributed by atoms with E-state index in [9.17, 15) is 4.79 Å². The van der Waals surface area contributed by atoms with Crippen molar-refractivity contribution in [3.8, 4) is 0 Å². The van der Waals surface area contributed by atoms with Crippen molar-refractivity contribution in [3.63, 3.8) is 0 Å². The second kappa shape index (κ2) is 4.23. The Balaban J connectivity index is 2.31. The maximum absolute atomic E-state index is 11.8. The molecular weight excluding hydrogens is 208 g/mol. The van der Waals surface area contributed by atoms with Crippen LogP contribution in [0.4, 0.5) is 0 Å². The fraction of sp³-hybridized carbons (Fsp3) is 0.333. The third kappa shape index (κ3) is 1.98. The van der Waals surface area contributed by atoms with Crippen molar-refractivity contribution in [3.05, 3.63) is 40.1 Å². The van der Waals surface area contributed by atoms with Crippen LogP contribution in [0.25, 0.3) is 0 Å². The largest absolute Gasteiger partial charge is 0.326 e. The lowest BCUT2D eigenvalue weighted by Crippen LogP contribution is -2.25. The molecule has 0 bridgehead atoms. The summed E-state index contributed by atoms with van der Waals surface area (Å²) in [6.45, 7) is 0.536. The highest BCUT2D eigenvalue weighted by Gasteiger charge is 2.05. The molecule has 2 aromatic heterocycles. The van der Waals surface area contributed by atoms with Crippen molar-refractivity contribution in [2.75, 3.05) is 0 Å². The van der Waals surface area contributed by atoms with Gasteiger partial charge < -0.3 is 10.3 Å². The van der Waals surface area contributed by atoms with Gasteiger partial charge >= 0.3 is 0 Å². The average molecular weight is 220 g/mol. The Bertz CT molecular complexity index is 543. The van der Waals surface area contributed by atoms with Gasteiger partial charge in [-0.05, 0) is 11.3 Å². The van der Waals surface area contributed by atoms with Crippen LogP contribution in [0.3, 0.4) is 0 Å². The van der Waals surface area contributed by atoms with Gasteiger partial charge in [-0.3, -0.25) is 4.79 Å². The summed E-state index contributed by atoms with van der Waals surface area (Å²) in [6, 6.07) is 3.49. The van der Waals surface area contributed by atoms with Crippen LogP contribution in [0, 0.1) is 0 Å². The highest BCUT2D eigenvalue weighted by molar-refractivity contribution is 5.10. The molecule has 2 rings (SSSR count).